The van der Waals surface area contributed by atoms with E-state index in [2.05, 4.69) is 26.5 Å². The second-order valence-corrected chi connectivity index (χ2v) is 6.39. The number of nitrogens with one attached hydrogen (secondary N) is 1. The molecule has 1 aromatic carbocycles. The van der Waals surface area contributed by atoms with Crippen LogP contribution >= 0.6 is 15.9 Å². The summed E-state index contributed by atoms with van der Waals surface area (Å²) in [6.45, 7) is 0. The van der Waals surface area contributed by atoms with Gasteiger partial charge in [-0.05, 0) is 65.1 Å². The van der Waals surface area contributed by atoms with Gasteiger partial charge < -0.3 is 0 Å². The van der Waals surface area contributed by atoms with Crippen LogP contribution in [0.5, 0.6) is 0 Å². The molecule has 2 aliphatic carbocycles. The number of fused-ring (bicyclic) bond motifs is 2. The fourth-order valence-electron chi connectivity index (χ4n) is 3.37. The van der Waals surface area contributed by atoms with Crippen molar-refractivity contribution in [3.8, 4) is 0 Å². The standard InChI is InChI=1S/C15H17BrN2O/c16-14-4-2-1-3-13(14)15(19)18-17-9-12-8-10-5-6-11(12)7-10/h1-4,9-12H,5-8H2,(H,18,19)/b17-9-/t10-,11+,12+/m0/s1. The molecule has 3 rings (SSSR count). The first-order valence-corrected chi connectivity index (χ1v) is 7.61. The minimum atomic E-state index is -0.160. The average molecular weight is 321 g/mol. The molecule has 2 saturated carbocycles. The second kappa shape index (κ2) is 5.45. The zero-order chi connectivity index (χ0) is 13.2. The topological polar surface area (TPSA) is 41.5 Å². The van der Waals surface area contributed by atoms with Crippen LogP contribution in [0.1, 0.15) is 36.0 Å². The Bertz CT molecular complexity index is 515. The van der Waals surface area contributed by atoms with Gasteiger partial charge in [-0.15, -0.1) is 0 Å². The number of carbonyl (C=O) groups is 1. The van der Waals surface area contributed by atoms with E-state index in [1.165, 1.54) is 25.7 Å². The lowest BCUT2D eigenvalue weighted by Crippen LogP contribution is -2.20. The number of halogens is 1. The van der Waals surface area contributed by atoms with E-state index >= 15 is 0 Å². The third-order valence-electron chi connectivity index (χ3n) is 4.34. The molecule has 3 atom stereocenters. The smallest absolute Gasteiger partial charge is 0.267 e. The molecular weight excluding hydrogens is 304 g/mol. The Morgan fingerprint density at radius 1 is 1.32 bits per heavy atom. The molecule has 2 aliphatic rings. The summed E-state index contributed by atoms with van der Waals surface area (Å²) in [5.41, 5.74) is 3.24. The van der Waals surface area contributed by atoms with E-state index in [4.69, 9.17) is 0 Å². The van der Waals surface area contributed by atoms with E-state index in [1.54, 1.807) is 6.07 Å². The van der Waals surface area contributed by atoms with Crippen molar-refractivity contribution in [2.45, 2.75) is 25.7 Å². The molecule has 1 amide bonds. The van der Waals surface area contributed by atoms with Crippen LogP contribution in [-0.2, 0) is 0 Å². The molecule has 2 fully saturated rings. The van der Waals surface area contributed by atoms with Crippen LogP contribution in [0.25, 0.3) is 0 Å². The van der Waals surface area contributed by atoms with Crippen molar-refractivity contribution >= 4 is 28.1 Å². The number of carbonyl (C=O) groups excluding carboxylic acids is 1. The van der Waals surface area contributed by atoms with Crippen molar-refractivity contribution in [1.29, 1.82) is 0 Å². The Balaban J connectivity index is 1.58. The first kappa shape index (κ1) is 12.9. The SMILES string of the molecule is O=C(N/N=C\[C@H]1C[C@H]2CC[C@@H]1C2)c1ccccc1Br. The summed E-state index contributed by atoms with van der Waals surface area (Å²) >= 11 is 3.37. The van der Waals surface area contributed by atoms with E-state index in [0.717, 1.165) is 16.3 Å². The summed E-state index contributed by atoms with van der Waals surface area (Å²) in [6, 6.07) is 7.37. The van der Waals surface area contributed by atoms with Crippen LogP contribution in [-0.4, -0.2) is 12.1 Å². The normalized spacial score (nSPS) is 29.0. The summed E-state index contributed by atoms with van der Waals surface area (Å²) in [7, 11) is 0. The number of rotatable bonds is 3. The minimum absolute atomic E-state index is 0.160. The minimum Gasteiger partial charge on any atom is -0.267 e. The molecule has 0 radical (unpaired) electrons. The van der Waals surface area contributed by atoms with Crippen molar-refractivity contribution in [2.75, 3.05) is 0 Å². The van der Waals surface area contributed by atoms with Crippen LogP contribution in [0.3, 0.4) is 0 Å². The molecule has 0 heterocycles. The average Bonchev–Trinajstić information content (AvgIpc) is 3.01. The van der Waals surface area contributed by atoms with Gasteiger partial charge >= 0.3 is 0 Å². The quantitative estimate of drug-likeness (QED) is 0.671. The molecule has 3 nitrogen and oxygen atoms in total. The summed E-state index contributed by atoms with van der Waals surface area (Å²) in [4.78, 5) is 11.9. The molecule has 2 bridgehead atoms. The zero-order valence-corrected chi connectivity index (χ0v) is 12.3. The van der Waals surface area contributed by atoms with Crippen LogP contribution in [0.15, 0.2) is 33.8 Å². The second-order valence-electron chi connectivity index (χ2n) is 5.54. The van der Waals surface area contributed by atoms with Crippen molar-refractivity contribution in [2.24, 2.45) is 22.9 Å². The monoisotopic (exact) mass is 320 g/mol. The molecule has 0 unspecified atom stereocenters. The van der Waals surface area contributed by atoms with Crippen LogP contribution < -0.4 is 5.43 Å². The van der Waals surface area contributed by atoms with Gasteiger partial charge in [-0.3, -0.25) is 4.79 Å². The Morgan fingerprint density at radius 2 is 2.16 bits per heavy atom. The zero-order valence-electron chi connectivity index (χ0n) is 10.7. The lowest BCUT2D eigenvalue weighted by Gasteiger charge is -2.16. The molecule has 1 aromatic rings. The third-order valence-corrected chi connectivity index (χ3v) is 5.03. The fourth-order valence-corrected chi connectivity index (χ4v) is 3.84. The predicted octanol–water partition coefficient (Wildman–Crippen LogP) is 3.60. The largest absolute Gasteiger partial charge is 0.272 e. The van der Waals surface area contributed by atoms with Crippen molar-refractivity contribution in [3.05, 3.63) is 34.3 Å². The van der Waals surface area contributed by atoms with Crippen molar-refractivity contribution in [1.82, 2.24) is 5.43 Å². The summed E-state index contributed by atoms with van der Waals surface area (Å²) in [6.07, 6.45) is 7.27. The highest BCUT2D eigenvalue weighted by atomic mass is 79.9. The Morgan fingerprint density at radius 3 is 2.84 bits per heavy atom. The van der Waals surface area contributed by atoms with Gasteiger partial charge in [0.05, 0.1) is 5.56 Å². The van der Waals surface area contributed by atoms with E-state index in [0.29, 0.717) is 11.5 Å². The fraction of sp³-hybridized carbons (Fsp3) is 0.467. The molecule has 0 aliphatic heterocycles. The van der Waals surface area contributed by atoms with E-state index in [9.17, 15) is 4.79 Å². The summed E-state index contributed by atoms with van der Waals surface area (Å²) in [5, 5.41) is 4.14. The van der Waals surface area contributed by atoms with Gasteiger partial charge in [0.1, 0.15) is 0 Å². The number of hydrogen-bond donors (Lipinski definition) is 1. The highest BCUT2D eigenvalue weighted by molar-refractivity contribution is 9.10. The maximum absolute atomic E-state index is 11.9. The lowest BCUT2D eigenvalue weighted by molar-refractivity contribution is 0.0954. The number of hydrazone groups is 1. The van der Waals surface area contributed by atoms with E-state index in [-0.39, 0.29) is 5.91 Å². The molecule has 1 N–H and O–H groups in total. The molecule has 4 heteroatoms. The number of nitrogens with zero attached hydrogens (tertiary/aromatic N) is 1. The van der Waals surface area contributed by atoms with Gasteiger partial charge in [-0.1, -0.05) is 18.6 Å². The number of amides is 1. The third kappa shape index (κ3) is 2.73. The first-order chi connectivity index (χ1) is 9.24. The highest BCUT2D eigenvalue weighted by Gasteiger charge is 2.38. The Hall–Kier alpha value is -1.16. The van der Waals surface area contributed by atoms with Crippen molar-refractivity contribution < 1.29 is 4.79 Å². The maximum Gasteiger partial charge on any atom is 0.272 e. The molecule has 100 valence electrons. The van der Waals surface area contributed by atoms with Gasteiger partial charge in [0.15, 0.2) is 0 Å². The molecule has 0 spiro atoms. The lowest BCUT2D eigenvalue weighted by atomic mass is 9.90. The van der Waals surface area contributed by atoms with Crippen LogP contribution in [0, 0.1) is 17.8 Å². The van der Waals surface area contributed by atoms with Gasteiger partial charge in [0.25, 0.3) is 5.91 Å². The molecule has 19 heavy (non-hydrogen) atoms. The number of benzene rings is 1. The molecule has 0 aromatic heterocycles. The molecule has 0 saturated heterocycles. The predicted molar refractivity (Wildman–Crippen MR) is 79.0 cm³/mol. The van der Waals surface area contributed by atoms with E-state index in [1.807, 2.05) is 24.4 Å². The van der Waals surface area contributed by atoms with Gasteiger partial charge in [-0.2, -0.15) is 5.10 Å². The Labute approximate surface area is 121 Å². The van der Waals surface area contributed by atoms with E-state index < -0.39 is 0 Å². The first-order valence-electron chi connectivity index (χ1n) is 6.82. The highest BCUT2D eigenvalue weighted by Crippen LogP contribution is 2.47. The Kier molecular flexibility index (Phi) is 3.69. The number of hydrogen-bond acceptors (Lipinski definition) is 2. The van der Waals surface area contributed by atoms with Crippen LogP contribution in [0.2, 0.25) is 0 Å². The van der Waals surface area contributed by atoms with Crippen LogP contribution in [0.4, 0.5) is 0 Å². The maximum atomic E-state index is 11.9. The summed E-state index contributed by atoms with van der Waals surface area (Å²) < 4.78 is 0.794. The van der Waals surface area contributed by atoms with Gasteiger partial charge in [-0.25, -0.2) is 5.43 Å². The summed E-state index contributed by atoms with van der Waals surface area (Å²) in [5.74, 6) is 2.11. The van der Waals surface area contributed by atoms with Crippen molar-refractivity contribution in [3.63, 3.8) is 0 Å². The van der Waals surface area contributed by atoms with Gasteiger partial charge in [0, 0.05) is 10.7 Å². The van der Waals surface area contributed by atoms with Gasteiger partial charge in [0.2, 0.25) is 0 Å². The molecular formula is C15H17BrN2O.